The van der Waals surface area contributed by atoms with Crippen molar-refractivity contribution >= 4 is 10.0 Å². The maximum Gasteiger partial charge on any atom is 0.211 e. The summed E-state index contributed by atoms with van der Waals surface area (Å²) in [6, 6.07) is -0.139. The van der Waals surface area contributed by atoms with Crippen LogP contribution >= 0.6 is 0 Å². The van der Waals surface area contributed by atoms with Crippen molar-refractivity contribution in [3.63, 3.8) is 0 Å². The molecule has 5 heteroatoms. The topological polar surface area (TPSA) is 57.4 Å². The van der Waals surface area contributed by atoms with Crippen LogP contribution in [0.5, 0.6) is 0 Å². The van der Waals surface area contributed by atoms with Crippen molar-refractivity contribution in [2.45, 2.75) is 6.04 Å². The quantitative estimate of drug-likeness (QED) is 0.495. The van der Waals surface area contributed by atoms with Gasteiger partial charge in [-0.3, -0.25) is 0 Å². The number of nitrogens with zero attached hydrogens (tertiary/aromatic N) is 1. The SMILES string of the molecule is CS(=O)(=O)N1C[C@@H]1CO. The molecule has 0 saturated carbocycles. The van der Waals surface area contributed by atoms with Crippen molar-refractivity contribution in [1.29, 1.82) is 0 Å². The molecule has 0 bridgehead atoms. The monoisotopic (exact) mass is 151 g/mol. The molecule has 9 heavy (non-hydrogen) atoms. The number of hydrogen-bond acceptors (Lipinski definition) is 3. The summed E-state index contributed by atoms with van der Waals surface area (Å²) >= 11 is 0. The maximum absolute atomic E-state index is 10.6. The van der Waals surface area contributed by atoms with Crippen LogP contribution < -0.4 is 0 Å². The van der Waals surface area contributed by atoms with E-state index in [2.05, 4.69) is 0 Å². The summed E-state index contributed by atoms with van der Waals surface area (Å²) in [7, 11) is -3.02. The van der Waals surface area contributed by atoms with E-state index in [0.717, 1.165) is 6.26 Å². The molecule has 1 aliphatic heterocycles. The van der Waals surface area contributed by atoms with Gasteiger partial charge < -0.3 is 5.11 Å². The molecule has 1 saturated heterocycles. The van der Waals surface area contributed by atoms with E-state index in [-0.39, 0.29) is 12.6 Å². The second kappa shape index (κ2) is 1.93. The molecule has 4 nitrogen and oxygen atoms in total. The summed E-state index contributed by atoms with van der Waals surface area (Å²) in [6.45, 7) is 0.419. The number of sulfonamides is 1. The molecule has 0 spiro atoms. The lowest BCUT2D eigenvalue weighted by molar-refractivity contribution is 0.287. The van der Waals surface area contributed by atoms with Crippen LogP contribution in [0.25, 0.3) is 0 Å². The summed E-state index contributed by atoms with van der Waals surface area (Å²) in [5, 5.41) is 8.43. The van der Waals surface area contributed by atoms with E-state index in [1.165, 1.54) is 4.31 Å². The first-order valence-corrected chi connectivity index (χ1v) is 4.48. The van der Waals surface area contributed by atoms with Crippen LogP contribution in [0.3, 0.4) is 0 Å². The molecule has 0 aromatic rings. The molecule has 54 valence electrons. The van der Waals surface area contributed by atoms with Crippen LogP contribution in [-0.4, -0.2) is 43.3 Å². The first-order valence-electron chi connectivity index (χ1n) is 2.63. The van der Waals surface area contributed by atoms with Crippen molar-refractivity contribution in [1.82, 2.24) is 4.31 Å². The molecule has 0 amide bonds. The smallest absolute Gasteiger partial charge is 0.211 e. The van der Waals surface area contributed by atoms with Gasteiger partial charge in [-0.15, -0.1) is 0 Å². The van der Waals surface area contributed by atoms with Gasteiger partial charge >= 0.3 is 0 Å². The lowest BCUT2D eigenvalue weighted by Gasteiger charge is -1.94. The van der Waals surface area contributed by atoms with E-state index in [1.807, 2.05) is 0 Å². The second-order valence-corrected chi connectivity index (χ2v) is 4.10. The van der Waals surface area contributed by atoms with Gasteiger partial charge in [0.15, 0.2) is 0 Å². The molecule has 0 aromatic carbocycles. The van der Waals surface area contributed by atoms with Crippen molar-refractivity contribution in [3.8, 4) is 0 Å². The largest absolute Gasteiger partial charge is 0.395 e. The molecule has 1 aliphatic rings. The van der Waals surface area contributed by atoms with E-state index in [1.54, 1.807) is 0 Å². The minimum atomic E-state index is -3.02. The Bertz CT molecular complexity index is 198. The third-order valence-corrected chi connectivity index (χ3v) is 2.60. The standard InChI is InChI=1S/C4H9NO3S/c1-9(7,8)5-2-4(5)3-6/h4,6H,2-3H2,1H3/t4-,5?/m1/s1. The Morgan fingerprint density at radius 1 is 1.78 bits per heavy atom. The maximum atomic E-state index is 10.6. The van der Waals surface area contributed by atoms with Gasteiger partial charge in [-0.25, -0.2) is 8.42 Å². The first kappa shape index (κ1) is 6.98. The molecule has 1 rings (SSSR count). The van der Waals surface area contributed by atoms with E-state index in [0.29, 0.717) is 6.54 Å². The Balaban J connectivity index is 2.53. The van der Waals surface area contributed by atoms with Crippen molar-refractivity contribution in [2.75, 3.05) is 19.4 Å². The zero-order valence-corrected chi connectivity index (χ0v) is 5.93. The highest BCUT2D eigenvalue weighted by Gasteiger charge is 2.40. The zero-order chi connectivity index (χ0) is 7.07. The second-order valence-electron chi connectivity index (χ2n) is 2.17. The number of aliphatic hydroxyl groups is 1. The molecular weight excluding hydrogens is 142 g/mol. The minimum Gasteiger partial charge on any atom is -0.395 e. The van der Waals surface area contributed by atoms with Gasteiger partial charge in [0, 0.05) is 6.54 Å². The van der Waals surface area contributed by atoms with Gasteiger partial charge in [-0.05, 0) is 0 Å². The lowest BCUT2D eigenvalue weighted by Crippen LogP contribution is -2.13. The molecule has 0 radical (unpaired) electrons. The Labute approximate surface area is 54.1 Å². The highest BCUT2D eigenvalue weighted by molar-refractivity contribution is 7.88. The van der Waals surface area contributed by atoms with Crippen LogP contribution in [0.2, 0.25) is 0 Å². The Morgan fingerprint density at radius 2 is 2.33 bits per heavy atom. The van der Waals surface area contributed by atoms with Gasteiger partial charge in [-0.2, -0.15) is 4.31 Å². The fraction of sp³-hybridized carbons (Fsp3) is 1.00. The third-order valence-electron chi connectivity index (χ3n) is 1.30. The lowest BCUT2D eigenvalue weighted by atomic mass is 10.5. The van der Waals surface area contributed by atoms with Gasteiger partial charge in [0.25, 0.3) is 0 Å². The van der Waals surface area contributed by atoms with E-state index < -0.39 is 10.0 Å². The summed E-state index contributed by atoms with van der Waals surface area (Å²) in [5.41, 5.74) is 0. The Kier molecular flexibility index (Phi) is 1.50. The van der Waals surface area contributed by atoms with E-state index in [4.69, 9.17) is 5.11 Å². The predicted molar refractivity (Wildman–Crippen MR) is 32.4 cm³/mol. The summed E-state index contributed by atoms with van der Waals surface area (Å²) in [5.74, 6) is 0. The Morgan fingerprint density at radius 3 is 2.44 bits per heavy atom. The number of hydrogen-bond donors (Lipinski definition) is 1. The molecule has 1 fully saturated rings. The van der Waals surface area contributed by atoms with E-state index >= 15 is 0 Å². The fourth-order valence-electron chi connectivity index (χ4n) is 0.716. The molecule has 1 heterocycles. The van der Waals surface area contributed by atoms with E-state index in [9.17, 15) is 8.42 Å². The number of rotatable bonds is 2. The Hall–Kier alpha value is -0.130. The van der Waals surface area contributed by atoms with Gasteiger partial charge in [0.1, 0.15) is 0 Å². The normalized spacial score (nSPS) is 34.4. The highest BCUT2D eigenvalue weighted by atomic mass is 32.2. The summed E-state index contributed by atoms with van der Waals surface area (Å²) in [6.07, 6.45) is 1.14. The number of aliphatic hydroxyl groups excluding tert-OH is 1. The van der Waals surface area contributed by atoms with Crippen molar-refractivity contribution in [2.24, 2.45) is 0 Å². The molecule has 2 atom stereocenters. The van der Waals surface area contributed by atoms with Crippen LogP contribution in [-0.2, 0) is 10.0 Å². The summed E-state index contributed by atoms with van der Waals surface area (Å²) < 4.78 is 22.4. The van der Waals surface area contributed by atoms with Crippen molar-refractivity contribution < 1.29 is 13.5 Å². The van der Waals surface area contributed by atoms with Gasteiger partial charge in [0.2, 0.25) is 10.0 Å². The molecule has 0 aromatic heterocycles. The predicted octanol–water partition coefficient (Wildman–Crippen LogP) is -1.38. The van der Waals surface area contributed by atoms with Gasteiger partial charge in [0.05, 0.1) is 18.9 Å². The molecule has 0 aliphatic carbocycles. The van der Waals surface area contributed by atoms with Crippen LogP contribution in [0.15, 0.2) is 0 Å². The average molecular weight is 151 g/mol. The minimum absolute atomic E-state index is 0.0624. The van der Waals surface area contributed by atoms with Gasteiger partial charge in [-0.1, -0.05) is 0 Å². The fourth-order valence-corrected chi connectivity index (χ4v) is 1.77. The van der Waals surface area contributed by atoms with Crippen LogP contribution in [0, 0.1) is 0 Å². The summed E-state index contributed by atoms with van der Waals surface area (Å²) in [4.78, 5) is 0. The van der Waals surface area contributed by atoms with Crippen LogP contribution in [0.1, 0.15) is 0 Å². The zero-order valence-electron chi connectivity index (χ0n) is 5.11. The third kappa shape index (κ3) is 1.41. The molecular formula is C4H9NO3S. The van der Waals surface area contributed by atoms with Crippen molar-refractivity contribution in [3.05, 3.63) is 0 Å². The molecule has 1 N–H and O–H groups in total. The first-order chi connectivity index (χ1) is 4.05. The van der Waals surface area contributed by atoms with Crippen LogP contribution in [0.4, 0.5) is 0 Å². The average Bonchev–Trinajstić information content (AvgIpc) is 2.39. The highest BCUT2D eigenvalue weighted by Crippen LogP contribution is 2.19. The molecule has 1 unspecified atom stereocenters.